The summed E-state index contributed by atoms with van der Waals surface area (Å²) in [5.74, 6) is 0.589. The van der Waals surface area contributed by atoms with Gasteiger partial charge in [-0.1, -0.05) is 56.3 Å². The molecule has 0 heterocycles. The molecule has 0 bridgehead atoms. The van der Waals surface area contributed by atoms with E-state index in [-0.39, 0.29) is 12.8 Å². The molecule has 0 aromatic heterocycles. The molecule has 0 aliphatic carbocycles. The predicted octanol–water partition coefficient (Wildman–Crippen LogP) is 3.99. The van der Waals surface area contributed by atoms with Crippen molar-refractivity contribution in [3.8, 4) is 0 Å². The summed E-state index contributed by atoms with van der Waals surface area (Å²) < 4.78 is 16.8. The fourth-order valence-electron chi connectivity index (χ4n) is 1.46. The molecule has 0 aliphatic heterocycles. The van der Waals surface area contributed by atoms with Crippen molar-refractivity contribution in [3.63, 3.8) is 0 Å². The lowest BCUT2D eigenvalue weighted by Gasteiger charge is -2.10. The lowest BCUT2D eigenvalue weighted by atomic mass is 10.1. The highest BCUT2D eigenvalue weighted by Crippen LogP contribution is 2.45. The van der Waals surface area contributed by atoms with Gasteiger partial charge in [-0.05, 0) is 17.9 Å². The number of hydrogen-bond acceptors (Lipinski definition) is 2. The van der Waals surface area contributed by atoms with Crippen LogP contribution in [0.2, 0.25) is 0 Å². The van der Waals surface area contributed by atoms with Gasteiger partial charge < -0.3 is 9.42 Å². The zero-order valence-corrected chi connectivity index (χ0v) is 11.8. The monoisotopic (exact) mass is 268 g/mol. The van der Waals surface area contributed by atoms with Crippen LogP contribution in [-0.4, -0.2) is 11.5 Å². The Labute approximate surface area is 109 Å². The molecule has 4 heteroatoms. The van der Waals surface area contributed by atoms with Crippen LogP contribution in [0.1, 0.15) is 25.8 Å². The van der Waals surface area contributed by atoms with Gasteiger partial charge >= 0.3 is 7.60 Å². The highest BCUT2D eigenvalue weighted by atomic mass is 31.2. The summed E-state index contributed by atoms with van der Waals surface area (Å²) in [4.78, 5) is 9.68. The summed E-state index contributed by atoms with van der Waals surface area (Å²) in [6.07, 6.45) is 4.80. The molecular weight excluding hydrogens is 247 g/mol. The minimum absolute atomic E-state index is 0.0614. The summed E-state index contributed by atoms with van der Waals surface area (Å²) in [5.41, 5.74) is 0.814. The molecule has 1 atom stereocenters. The van der Waals surface area contributed by atoms with E-state index in [2.05, 4.69) is 13.8 Å². The maximum absolute atomic E-state index is 11.8. The third-order valence-electron chi connectivity index (χ3n) is 2.37. The summed E-state index contributed by atoms with van der Waals surface area (Å²) in [6, 6.07) is 9.21. The first-order valence-electron chi connectivity index (χ1n) is 6.15. The number of benzene rings is 1. The van der Waals surface area contributed by atoms with Crippen LogP contribution in [0.5, 0.6) is 0 Å². The van der Waals surface area contributed by atoms with Crippen LogP contribution in [0, 0.1) is 5.92 Å². The standard InChI is InChI=1S/C14H21O3P/c1-13(2)8-6-7-11-17-18(15,16)12-14-9-4-3-5-10-14/h3-7,9-10,13H,8,11-12H2,1-2H3,(H,15,16). The van der Waals surface area contributed by atoms with Gasteiger partial charge in [0.05, 0.1) is 12.8 Å². The Bertz CT molecular complexity index is 412. The van der Waals surface area contributed by atoms with Crippen LogP contribution in [0.4, 0.5) is 0 Å². The molecule has 0 aliphatic rings. The van der Waals surface area contributed by atoms with Gasteiger partial charge in [-0.25, -0.2) is 0 Å². The molecule has 1 rings (SSSR count). The number of rotatable bonds is 7. The number of hydrogen-bond donors (Lipinski definition) is 1. The van der Waals surface area contributed by atoms with Crippen LogP contribution < -0.4 is 0 Å². The topological polar surface area (TPSA) is 46.5 Å². The van der Waals surface area contributed by atoms with Gasteiger partial charge in [0.2, 0.25) is 0 Å². The molecule has 0 spiro atoms. The van der Waals surface area contributed by atoms with E-state index in [0.717, 1.165) is 12.0 Å². The van der Waals surface area contributed by atoms with Crippen molar-refractivity contribution in [1.82, 2.24) is 0 Å². The van der Waals surface area contributed by atoms with Gasteiger partial charge in [0.15, 0.2) is 0 Å². The van der Waals surface area contributed by atoms with Gasteiger partial charge in [0.1, 0.15) is 0 Å². The minimum Gasteiger partial charge on any atom is -0.324 e. The van der Waals surface area contributed by atoms with Gasteiger partial charge in [-0.2, -0.15) is 0 Å². The third-order valence-corrected chi connectivity index (χ3v) is 3.69. The summed E-state index contributed by atoms with van der Waals surface area (Å²) in [6.45, 7) is 4.43. The fraction of sp³-hybridized carbons (Fsp3) is 0.429. The molecule has 0 saturated heterocycles. The van der Waals surface area contributed by atoms with Crippen molar-refractivity contribution in [2.75, 3.05) is 6.61 Å². The third kappa shape index (κ3) is 6.75. The van der Waals surface area contributed by atoms with Crippen LogP contribution in [-0.2, 0) is 15.3 Å². The highest BCUT2D eigenvalue weighted by molar-refractivity contribution is 7.51. The summed E-state index contributed by atoms with van der Waals surface area (Å²) in [7, 11) is -3.53. The van der Waals surface area contributed by atoms with E-state index in [4.69, 9.17) is 4.52 Å². The van der Waals surface area contributed by atoms with Crippen LogP contribution in [0.3, 0.4) is 0 Å². The first-order chi connectivity index (χ1) is 8.49. The molecule has 1 aromatic rings. The molecule has 1 unspecified atom stereocenters. The predicted molar refractivity (Wildman–Crippen MR) is 74.5 cm³/mol. The first-order valence-corrected chi connectivity index (χ1v) is 7.91. The highest BCUT2D eigenvalue weighted by Gasteiger charge is 2.18. The Kier molecular flexibility index (Phi) is 6.34. The molecule has 18 heavy (non-hydrogen) atoms. The first kappa shape index (κ1) is 15.2. The minimum atomic E-state index is -3.53. The average molecular weight is 268 g/mol. The Morgan fingerprint density at radius 3 is 2.56 bits per heavy atom. The van der Waals surface area contributed by atoms with E-state index >= 15 is 0 Å². The number of allylic oxidation sites excluding steroid dienone is 1. The molecule has 0 radical (unpaired) electrons. The lowest BCUT2D eigenvalue weighted by Crippen LogP contribution is -1.94. The van der Waals surface area contributed by atoms with Gasteiger partial charge in [0, 0.05) is 0 Å². The largest absolute Gasteiger partial charge is 0.332 e. The van der Waals surface area contributed by atoms with Crippen molar-refractivity contribution in [3.05, 3.63) is 48.0 Å². The van der Waals surface area contributed by atoms with Gasteiger partial charge in [-0.15, -0.1) is 0 Å². The average Bonchev–Trinajstić information content (AvgIpc) is 2.28. The molecular formula is C14H21O3P. The van der Waals surface area contributed by atoms with Crippen molar-refractivity contribution in [2.45, 2.75) is 26.4 Å². The second-order valence-corrected chi connectivity index (χ2v) is 6.53. The Morgan fingerprint density at radius 1 is 1.28 bits per heavy atom. The maximum atomic E-state index is 11.8. The Hall–Kier alpha value is -0.890. The van der Waals surface area contributed by atoms with Crippen molar-refractivity contribution in [1.29, 1.82) is 0 Å². The van der Waals surface area contributed by atoms with E-state index in [1.54, 1.807) is 6.08 Å². The second kappa shape index (κ2) is 7.52. The Morgan fingerprint density at radius 2 is 1.94 bits per heavy atom. The summed E-state index contributed by atoms with van der Waals surface area (Å²) >= 11 is 0. The Balaban J connectivity index is 2.36. The molecule has 1 aromatic carbocycles. The molecule has 0 saturated carbocycles. The zero-order chi connectivity index (χ0) is 13.4. The molecule has 1 N–H and O–H groups in total. The van der Waals surface area contributed by atoms with E-state index in [1.807, 2.05) is 36.4 Å². The quantitative estimate of drug-likeness (QED) is 0.600. The van der Waals surface area contributed by atoms with E-state index in [1.165, 1.54) is 0 Å². The zero-order valence-electron chi connectivity index (χ0n) is 11.0. The SMILES string of the molecule is CC(C)CC=CCOP(=O)(O)Cc1ccccc1. The molecule has 0 fully saturated rings. The fourth-order valence-corrected chi connectivity index (χ4v) is 2.54. The summed E-state index contributed by atoms with van der Waals surface area (Å²) in [5, 5.41) is 0. The van der Waals surface area contributed by atoms with Gasteiger partial charge in [0.25, 0.3) is 0 Å². The van der Waals surface area contributed by atoms with Crippen molar-refractivity contribution < 1.29 is 14.0 Å². The molecule has 0 amide bonds. The maximum Gasteiger partial charge on any atom is 0.332 e. The molecule has 100 valence electrons. The smallest absolute Gasteiger partial charge is 0.324 e. The van der Waals surface area contributed by atoms with E-state index in [9.17, 15) is 9.46 Å². The normalized spacial score (nSPS) is 15.1. The van der Waals surface area contributed by atoms with Crippen molar-refractivity contribution in [2.24, 2.45) is 5.92 Å². The van der Waals surface area contributed by atoms with E-state index < -0.39 is 7.60 Å². The van der Waals surface area contributed by atoms with Crippen LogP contribution >= 0.6 is 7.60 Å². The van der Waals surface area contributed by atoms with Crippen LogP contribution in [0.25, 0.3) is 0 Å². The van der Waals surface area contributed by atoms with Crippen LogP contribution in [0.15, 0.2) is 42.5 Å². The lowest BCUT2D eigenvalue weighted by molar-refractivity contribution is 0.286. The van der Waals surface area contributed by atoms with E-state index in [0.29, 0.717) is 5.92 Å². The van der Waals surface area contributed by atoms with Gasteiger partial charge in [-0.3, -0.25) is 4.57 Å². The molecule has 3 nitrogen and oxygen atoms in total. The second-order valence-electron chi connectivity index (χ2n) is 4.68. The van der Waals surface area contributed by atoms with Crippen molar-refractivity contribution >= 4 is 7.60 Å².